The Bertz CT molecular complexity index is 511. The van der Waals surface area contributed by atoms with Gasteiger partial charge in [0.25, 0.3) is 5.91 Å². The summed E-state index contributed by atoms with van der Waals surface area (Å²) in [5, 5.41) is 5.65. The van der Waals surface area contributed by atoms with Crippen molar-refractivity contribution in [3.8, 4) is 0 Å². The number of hydrogen-bond donors (Lipinski definition) is 2. The summed E-state index contributed by atoms with van der Waals surface area (Å²) in [4.78, 5) is 23.8. The quantitative estimate of drug-likeness (QED) is 0.875. The predicted octanol–water partition coefficient (Wildman–Crippen LogP) is 2.87. The third-order valence-electron chi connectivity index (χ3n) is 3.88. The average Bonchev–Trinajstić information content (AvgIpc) is 2.47. The van der Waals surface area contributed by atoms with E-state index in [0.29, 0.717) is 5.56 Å². The maximum atomic E-state index is 11.9. The van der Waals surface area contributed by atoms with Crippen molar-refractivity contribution < 1.29 is 9.59 Å². The lowest BCUT2D eigenvalue weighted by atomic mass is 9.87. The Kier molecular flexibility index (Phi) is 5.79. The summed E-state index contributed by atoms with van der Waals surface area (Å²) in [6.45, 7) is 2.27. The van der Waals surface area contributed by atoms with Gasteiger partial charge in [0, 0.05) is 16.1 Å². The van der Waals surface area contributed by atoms with Gasteiger partial charge >= 0.3 is 0 Å². The van der Waals surface area contributed by atoms with Gasteiger partial charge in [-0.25, -0.2) is 0 Å². The molecule has 0 atom stereocenters. The molecule has 21 heavy (non-hydrogen) atoms. The number of amides is 2. The van der Waals surface area contributed by atoms with Gasteiger partial charge in [0.15, 0.2) is 0 Å². The van der Waals surface area contributed by atoms with Crippen LogP contribution in [0.2, 0.25) is 0 Å². The van der Waals surface area contributed by atoms with Crippen LogP contribution in [0.15, 0.2) is 28.7 Å². The van der Waals surface area contributed by atoms with Crippen LogP contribution >= 0.6 is 15.9 Å². The molecule has 2 rings (SSSR count). The molecule has 114 valence electrons. The molecule has 2 amide bonds. The molecule has 1 aliphatic rings. The van der Waals surface area contributed by atoms with Crippen molar-refractivity contribution in [1.82, 2.24) is 10.6 Å². The van der Waals surface area contributed by atoms with Crippen molar-refractivity contribution in [3.05, 3.63) is 34.3 Å². The van der Waals surface area contributed by atoms with E-state index in [1.54, 1.807) is 18.2 Å². The molecule has 0 saturated heterocycles. The first-order chi connectivity index (χ1) is 10.0. The molecule has 5 heteroatoms. The van der Waals surface area contributed by atoms with E-state index >= 15 is 0 Å². The van der Waals surface area contributed by atoms with Gasteiger partial charge in [0.1, 0.15) is 0 Å². The maximum absolute atomic E-state index is 11.9. The van der Waals surface area contributed by atoms with E-state index in [1.165, 1.54) is 0 Å². The Morgan fingerprint density at radius 2 is 1.95 bits per heavy atom. The van der Waals surface area contributed by atoms with E-state index in [1.807, 2.05) is 6.07 Å². The van der Waals surface area contributed by atoms with Crippen molar-refractivity contribution in [3.63, 3.8) is 0 Å². The third kappa shape index (κ3) is 5.16. The molecule has 1 saturated carbocycles. The lowest BCUT2D eigenvalue weighted by molar-refractivity contribution is -0.121. The molecular weight excluding hydrogens is 332 g/mol. The third-order valence-corrected chi connectivity index (χ3v) is 4.37. The summed E-state index contributed by atoms with van der Waals surface area (Å²) in [5.74, 6) is 0.413. The minimum Gasteiger partial charge on any atom is -0.352 e. The molecule has 4 nitrogen and oxygen atoms in total. The van der Waals surface area contributed by atoms with Crippen LogP contribution in [0, 0.1) is 5.92 Å². The van der Waals surface area contributed by atoms with Crippen LogP contribution in [0.5, 0.6) is 0 Å². The fourth-order valence-electron chi connectivity index (χ4n) is 2.58. The van der Waals surface area contributed by atoms with Crippen LogP contribution in [0.3, 0.4) is 0 Å². The number of rotatable bonds is 4. The Morgan fingerprint density at radius 3 is 2.62 bits per heavy atom. The molecule has 1 aromatic rings. The number of carbonyl (C=O) groups excluding carboxylic acids is 2. The predicted molar refractivity (Wildman–Crippen MR) is 86.0 cm³/mol. The molecule has 0 aliphatic heterocycles. The summed E-state index contributed by atoms with van der Waals surface area (Å²) < 4.78 is 0.843. The zero-order valence-electron chi connectivity index (χ0n) is 12.2. The van der Waals surface area contributed by atoms with Crippen LogP contribution in [0.25, 0.3) is 0 Å². The van der Waals surface area contributed by atoms with Crippen LogP contribution in [0.4, 0.5) is 0 Å². The highest BCUT2D eigenvalue weighted by atomic mass is 79.9. The average molecular weight is 353 g/mol. The first-order valence-corrected chi connectivity index (χ1v) is 8.17. The van der Waals surface area contributed by atoms with Crippen molar-refractivity contribution in [2.45, 2.75) is 38.6 Å². The largest absolute Gasteiger partial charge is 0.352 e. The number of halogens is 1. The minimum atomic E-state index is -0.233. The van der Waals surface area contributed by atoms with Crippen molar-refractivity contribution >= 4 is 27.7 Å². The Labute approximate surface area is 133 Å². The normalized spacial score (nSPS) is 21.6. The molecule has 2 N–H and O–H groups in total. The van der Waals surface area contributed by atoms with Gasteiger partial charge in [0.05, 0.1) is 6.54 Å². The summed E-state index contributed by atoms with van der Waals surface area (Å²) in [7, 11) is 0. The van der Waals surface area contributed by atoms with E-state index < -0.39 is 0 Å². The first-order valence-electron chi connectivity index (χ1n) is 7.37. The number of nitrogens with one attached hydrogen (secondary N) is 2. The molecule has 1 fully saturated rings. The zero-order valence-corrected chi connectivity index (χ0v) is 13.8. The first kappa shape index (κ1) is 16.0. The minimum absolute atomic E-state index is 0.0252. The summed E-state index contributed by atoms with van der Waals surface area (Å²) in [6.07, 6.45) is 4.39. The molecule has 0 spiro atoms. The lowest BCUT2D eigenvalue weighted by Gasteiger charge is -2.26. The van der Waals surface area contributed by atoms with Gasteiger partial charge in [-0.3, -0.25) is 9.59 Å². The van der Waals surface area contributed by atoms with Gasteiger partial charge in [-0.05, 0) is 49.8 Å². The molecule has 0 bridgehead atoms. The summed E-state index contributed by atoms with van der Waals surface area (Å²) in [5.41, 5.74) is 0.545. The fourth-order valence-corrected chi connectivity index (χ4v) is 2.97. The summed E-state index contributed by atoms with van der Waals surface area (Å²) >= 11 is 3.32. The molecule has 0 aromatic heterocycles. The van der Waals surface area contributed by atoms with E-state index in [0.717, 1.165) is 36.1 Å². The van der Waals surface area contributed by atoms with Crippen LogP contribution in [0.1, 0.15) is 43.0 Å². The van der Waals surface area contributed by atoms with Crippen LogP contribution < -0.4 is 10.6 Å². The van der Waals surface area contributed by atoms with Gasteiger partial charge in [0.2, 0.25) is 5.91 Å². The molecule has 1 aromatic carbocycles. The highest BCUT2D eigenvalue weighted by Gasteiger charge is 2.19. The van der Waals surface area contributed by atoms with E-state index in [9.17, 15) is 9.59 Å². The van der Waals surface area contributed by atoms with Crippen LogP contribution in [-0.2, 0) is 4.79 Å². The van der Waals surface area contributed by atoms with Crippen molar-refractivity contribution in [1.29, 1.82) is 0 Å². The molecular formula is C16H21BrN2O2. The standard InChI is InChI=1S/C16H21BrN2O2/c1-11-5-7-14(8-6-11)19-15(20)10-18-16(21)12-3-2-4-13(17)9-12/h2-4,9,11,14H,5-8,10H2,1H3,(H,18,21)(H,19,20). The topological polar surface area (TPSA) is 58.2 Å². The van der Waals surface area contributed by atoms with Crippen molar-refractivity contribution in [2.24, 2.45) is 5.92 Å². The number of hydrogen-bond acceptors (Lipinski definition) is 2. The van der Waals surface area contributed by atoms with E-state index in [2.05, 4.69) is 33.5 Å². The Morgan fingerprint density at radius 1 is 1.24 bits per heavy atom. The fraction of sp³-hybridized carbons (Fsp3) is 0.500. The highest BCUT2D eigenvalue weighted by Crippen LogP contribution is 2.23. The van der Waals surface area contributed by atoms with E-state index in [-0.39, 0.29) is 24.4 Å². The van der Waals surface area contributed by atoms with Gasteiger partial charge in [-0.2, -0.15) is 0 Å². The second-order valence-corrected chi connectivity index (χ2v) is 6.63. The second kappa shape index (κ2) is 7.59. The zero-order chi connectivity index (χ0) is 15.2. The number of carbonyl (C=O) groups is 2. The molecule has 0 radical (unpaired) electrons. The van der Waals surface area contributed by atoms with E-state index in [4.69, 9.17) is 0 Å². The monoisotopic (exact) mass is 352 g/mol. The smallest absolute Gasteiger partial charge is 0.251 e. The van der Waals surface area contributed by atoms with Crippen LogP contribution in [-0.4, -0.2) is 24.4 Å². The SMILES string of the molecule is CC1CCC(NC(=O)CNC(=O)c2cccc(Br)c2)CC1. The number of benzene rings is 1. The lowest BCUT2D eigenvalue weighted by Crippen LogP contribution is -2.43. The van der Waals surface area contributed by atoms with Gasteiger partial charge in [-0.1, -0.05) is 28.9 Å². The highest BCUT2D eigenvalue weighted by molar-refractivity contribution is 9.10. The molecule has 0 unspecified atom stereocenters. The second-order valence-electron chi connectivity index (χ2n) is 5.72. The maximum Gasteiger partial charge on any atom is 0.251 e. The van der Waals surface area contributed by atoms with Gasteiger partial charge < -0.3 is 10.6 Å². The van der Waals surface area contributed by atoms with Gasteiger partial charge in [-0.15, -0.1) is 0 Å². The Hall–Kier alpha value is -1.36. The summed E-state index contributed by atoms with van der Waals surface area (Å²) in [6, 6.07) is 7.36. The van der Waals surface area contributed by atoms with Crippen molar-refractivity contribution in [2.75, 3.05) is 6.54 Å². The Balaban J connectivity index is 1.75. The molecule has 1 aliphatic carbocycles. The molecule has 0 heterocycles.